The first-order valence-electron chi connectivity index (χ1n) is 11.8. The van der Waals surface area contributed by atoms with Crippen molar-refractivity contribution >= 4 is 17.0 Å². The van der Waals surface area contributed by atoms with Gasteiger partial charge in [0.15, 0.2) is 5.65 Å². The van der Waals surface area contributed by atoms with Crippen LogP contribution in [0.25, 0.3) is 22.3 Å². The lowest BCUT2D eigenvalue weighted by atomic mass is 9.85. The number of aryl methyl sites for hydroxylation is 1. The SMILES string of the molecule is CC[C@H]1CCc2c(ncnc2N2CCOc3ccc(-c4cnc5nc(C)[nH]c5c4)cc3C2)C1. The summed E-state index contributed by atoms with van der Waals surface area (Å²) >= 11 is 0. The first kappa shape index (κ1) is 20.1. The summed E-state index contributed by atoms with van der Waals surface area (Å²) in [7, 11) is 0. The van der Waals surface area contributed by atoms with Crippen LogP contribution in [-0.2, 0) is 19.4 Å². The Kier molecular flexibility index (Phi) is 4.97. The number of ether oxygens (including phenoxy) is 1. The number of aromatic amines is 1. The van der Waals surface area contributed by atoms with E-state index < -0.39 is 0 Å². The van der Waals surface area contributed by atoms with Crippen molar-refractivity contribution in [2.75, 3.05) is 18.1 Å². The zero-order chi connectivity index (χ0) is 22.4. The standard InChI is InChI=1S/C26H28N6O/c1-3-17-4-6-21-22(10-17)28-15-29-26(21)32-8-9-33-24-7-5-18(11-20(24)14-32)19-12-23-25(27-13-19)31-16(2)30-23/h5,7,11-13,15,17H,3-4,6,8-10,14H2,1-2H3,(H,27,30,31)/t17-/m0/s1. The van der Waals surface area contributed by atoms with Crippen LogP contribution in [0.3, 0.4) is 0 Å². The zero-order valence-corrected chi connectivity index (χ0v) is 19.1. The van der Waals surface area contributed by atoms with Crippen molar-refractivity contribution in [1.29, 1.82) is 0 Å². The van der Waals surface area contributed by atoms with E-state index in [1.165, 1.54) is 29.7 Å². The molecule has 4 heterocycles. The number of fused-ring (bicyclic) bond motifs is 3. The van der Waals surface area contributed by atoms with Gasteiger partial charge >= 0.3 is 0 Å². The first-order valence-corrected chi connectivity index (χ1v) is 11.8. The zero-order valence-electron chi connectivity index (χ0n) is 19.1. The van der Waals surface area contributed by atoms with Crippen LogP contribution in [0.2, 0.25) is 0 Å². The van der Waals surface area contributed by atoms with Crippen LogP contribution in [-0.4, -0.2) is 38.1 Å². The number of nitrogens with zero attached hydrogens (tertiary/aromatic N) is 5. The van der Waals surface area contributed by atoms with E-state index in [-0.39, 0.29) is 0 Å². The van der Waals surface area contributed by atoms with Gasteiger partial charge in [0.25, 0.3) is 0 Å². The van der Waals surface area contributed by atoms with Crippen molar-refractivity contribution in [3.8, 4) is 16.9 Å². The Morgan fingerprint density at radius 2 is 2.09 bits per heavy atom. The molecule has 3 aromatic heterocycles. The molecule has 0 fully saturated rings. The number of nitrogens with one attached hydrogen (secondary N) is 1. The highest BCUT2D eigenvalue weighted by Crippen LogP contribution is 2.35. The highest BCUT2D eigenvalue weighted by molar-refractivity contribution is 5.78. The molecule has 0 unspecified atom stereocenters. The van der Waals surface area contributed by atoms with Gasteiger partial charge in [-0.25, -0.2) is 19.9 Å². The van der Waals surface area contributed by atoms with Crippen LogP contribution in [0.4, 0.5) is 5.82 Å². The second kappa shape index (κ2) is 8.14. The van der Waals surface area contributed by atoms with E-state index in [0.29, 0.717) is 6.61 Å². The molecule has 1 atom stereocenters. The van der Waals surface area contributed by atoms with Crippen molar-refractivity contribution in [2.24, 2.45) is 5.92 Å². The fraction of sp³-hybridized carbons (Fsp3) is 0.385. The minimum atomic E-state index is 0.643. The lowest BCUT2D eigenvalue weighted by Crippen LogP contribution is -2.29. The number of imidazole rings is 1. The largest absolute Gasteiger partial charge is 0.491 e. The fourth-order valence-electron chi connectivity index (χ4n) is 5.15. The summed E-state index contributed by atoms with van der Waals surface area (Å²) in [5.41, 5.74) is 7.61. The second-order valence-electron chi connectivity index (χ2n) is 9.15. The van der Waals surface area contributed by atoms with E-state index in [1.54, 1.807) is 6.33 Å². The third kappa shape index (κ3) is 3.71. The second-order valence-corrected chi connectivity index (χ2v) is 9.15. The van der Waals surface area contributed by atoms with E-state index in [4.69, 9.17) is 9.72 Å². The van der Waals surface area contributed by atoms with Gasteiger partial charge in [-0.1, -0.05) is 19.4 Å². The van der Waals surface area contributed by atoms with Gasteiger partial charge in [0.05, 0.1) is 12.1 Å². The Morgan fingerprint density at radius 3 is 3.00 bits per heavy atom. The molecule has 168 valence electrons. The topological polar surface area (TPSA) is 79.8 Å². The van der Waals surface area contributed by atoms with Gasteiger partial charge in [0.1, 0.15) is 30.3 Å². The molecule has 4 aromatic rings. The van der Waals surface area contributed by atoms with Gasteiger partial charge in [-0.2, -0.15) is 0 Å². The molecule has 1 aliphatic carbocycles. The molecule has 7 nitrogen and oxygen atoms in total. The van der Waals surface area contributed by atoms with Gasteiger partial charge in [-0.05, 0) is 55.9 Å². The Hall–Kier alpha value is -3.48. The molecule has 0 amide bonds. The number of anilines is 1. The molecule has 0 spiro atoms. The summed E-state index contributed by atoms with van der Waals surface area (Å²) in [4.78, 5) is 24.0. The van der Waals surface area contributed by atoms with Crippen LogP contribution in [0.5, 0.6) is 5.75 Å². The smallest absolute Gasteiger partial charge is 0.177 e. The molecule has 1 aromatic carbocycles. The molecule has 33 heavy (non-hydrogen) atoms. The van der Waals surface area contributed by atoms with E-state index in [2.05, 4.69) is 56.0 Å². The molecule has 7 heteroatoms. The highest BCUT2D eigenvalue weighted by Gasteiger charge is 2.26. The molecule has 0 bridgehead atoms. The predicted molar refractivity (Wildman–Crippen MR) is 128 cm³/mol. The van der Waals surface area contributed by atoms with Crippen LogP contribution in [0, 0.1) is 12.8 Å². The summed E-state index contributed by atoms with van der Waals surface area (Å²) in [6.07, 6.45) is 8.19. The summed E-state index contributed by atoms with van der Waals surface area (Å²) in [6, 6.07) is 8.53. The average Bonchev–Trinajstić information content (AvgIpc) is 3.09. The van der Waals surface area contributed by atoms with E-state index in [9.17, 15) is 0 Å². The molecule has 2 aliphatic rings. The summed E-state index contributed by atoms with van der Waals surface area (Å²) < 4.78 is 6.13. The minimum Gasteiger partial charge on any atom is -0.491 e. The molecule has 0 saturated carbocycles. The lowest BCUT2D eigenvalue weighted by Gasteiger charge is -2.29. The Balaban J connectivity index is 1.34. The third-order valence-corrected chi connectivity index (χ3v) is 7.00. The molecule has 6 rings (SSSR count). The van der Waals surface area contributed by atoms with Crippen LogP contribution >= 0.6 is 0 Å². The Bertz CT molecular complexity index is 1330. The van der Waals surface area contributed by atoms with E-state index in [1.807, 2.05) is 13.1 Å². The van der Waals surface area contributed by atoms with Crippen LogP contribution in [0.1, 0.15) is 42.4 Å². The number of benzene rings is 1. The van der Waals surface area contributed by atoms with Crippen molar-refractivity contribution in [3.05, 3.63) is 59.4 Å². The number of aromatic nitrogens is 5. The molecular formula is C26H28N6O. The van der Waals surface area contributed by atoms with E-state index >= 15 is 0 Å². The van der Waals surface area contributed by atoms with Crippen LogP contribution < -0.4 is 9.64 Å². The maximum atomic E-state index is 6.13. The predicted octanol–water partition coefficient (Wildman–Crippen LogP) is 4.64. The number of hydrogen-bond donors (Lipinski definition) is 1. The molecular weight excluding hydrogens is 412 g/mol. The monoisotopic (exact) mass is 440 g/mol. The maximum absolute atomic E-state index is 6.13. The summed E-state index contributed by atoms with van der Waals surface area (Å²) in [6.45, 7) is 6.45. The van der Waals surface area contributed by atoms with Crippen molar-refractivity contribution < 1.29 is 4.74 Å². The number of rotatable bonds is 3. The lowest BCUT2D eigenvalue weighted by molar-refractivity contribution is 0.331. The summed E-state index contributed by atoms with van der Waals surface area (Å²) in [5, 5.41) is 0. The highest BCUT2D eigenvalue weighted by atomic mass is 16.5. The Labute approximate surface area is 193 Å². The quantitative estimate of drug-likeness (QED) is 0.500. The minimum absolute atomic E-state index is 0.643. The number of hydrogen-bond acceptors (Lipinski definition) is 6. The molecule has 0 saturated heterocycles. The van der Waals surface area contributed by atoms with Gasteiger partial charge in [-0.3, -0.25) is 0 Å². The number of H-pyrrole nitrogens is 1. The fourth-order valence-corrected chi connectivity index (χ4v) is 5.15. The number of pyridine rings is 1. The molecule has 1 aliphatic heterocycles. The van der Waals surface area contributed by atoms with Gasteiger partial charge in [0.2, 0.25) is 0 Å². The molecule has 1 N–H and O–H groups in total. The van der Waals surface area contributed by atoms with Gasteiger partial charge in [0, 0.05) is 35.1 Å². The van der Waals surface area contributed by atoms with Crippen molar-refractivity contribution in [2.45, 2.75) is 46.1 Å². The van der Waals surface area contributed by atoms with Crippen LogP contribution in [0.15, 0.2) is 36.8 Å². The van der Waals surface area contributed by atoms with E-state index in [0.717, 1.165) is 71.5 Å². The Morgan fingerprint density at radius 1 is 1.15 bits per heavy atom. The first-order chi connectivity index (χ1) is 16.2. The normalized spacial score (nSPS) is 17.9. The average molecular weight is 441 g/mol. The molecule has 0 radical (unpaired) electrons. The third-order valence-electron chi connectivity index (χ3n) is 7.00. The van der Waals surface area contributed by atoms with Crippen molar-refractivity contribution in [3.63, 3.8) is 0 Å². The summed E-state index contributed by atoms with van der Waals surface area (Å²) in [5.74, 6) is 3.63. The van der Waals surface area contributed by atoms with Gasteiger partial charge in [-0.15, -0.1) is 0 Å². The maximum Gasteiger partial charge on any atom is 0.177 e. The van der Waals surface area contributed by atoms with Crippen molar-refractivity contribution in [1.82, 2.24) is 24.9 Å². The van der Waals surface area contributed by atoms with Gasteiger partial charge < -0.3 is 14.6 Å².